The lowest BCUT2D eigenvalue weighted by Crippen LogP contribution is -2.56. The van der Waals surface area contributed by atoms with Crippen LogP contribution in [0.15, 0.2) is 30.5 Å². The van der Waals surface area contributed by atoms with Crippen LogP contribution in [0.2, 0.25) is 0 Å². The number of piperidine rings is 1. The normalized spacial score (nSPS) is 26.8. The van der Waals surface area contributed by atoms with E-state index in [-0.39, 0.29) is 56.7 Å². The van der Waals surface area contributed by atoms with Crippen molar-refractivity contribution in [1.82, 2.24) is 19.5 Å². The van der Waals surface area contributed by atoms with Crippen molar-refractivity contribution in [3.63, 3.8) is 0 Å². The van der Waals surface area contributed by atoms with Crippen molar-refractivity contribution < 1.29 is 36.6 Å². The Balaban J connectivity index is 1.17. The summed E-state index contributed by atoms with van der Waals surface area (Å²) in [7, 11) is -3.60. The topological polar surface area (TPSA) is 124 Å². The van der Waals surface area contributed by atoms with Gasteiger partial charge in [0.2, 0.25) is 15.9 Å². The fraction of sp³-hybridized carbons (Fsp3) is 0.667. The maximum Gasteiger partial charge on any atom is 0.391 e. The molecule has 3 heterocycles. The van der Waals surface area contributed by atoms with Crippen LogP contribution in [-0.2, 0) is 27.8 Å². The van der Waals surface area contributed by atoms with E-state index in [1.165, 1.54) is 4.31 Å². The van der Waals surface area contributed by atoms with Gasteiger partial charge < -0.3 is 20.1 Å². The second-order valence-corrected chi connectivity index (χ2v) is 13.5. The van der Waals surface area contributed by atoms with E-state index in [4.69, 9.17) is 5.11 Å². The van der Waals surface area contributed by atoms with Gasteiger partial charge in [0.25, 0.3) is 0 Å². The number of carbonyl (C=O) groups is 1. The van der Waals surface area contributed by atoms with Gasteiger partial charge in [-0.05, 0) is 68.6 Å². The van der Waals surface area contributed by atoms with Crippen molar-refractivity contribution in [2.24, 2.45) is 11.8 Å². The van der Waals surface area contributed by atoms with Crippen LogP contribution in [0.4, 0.5) is 13.2 Å². The van der Waals surface area contributed by atoms with Gasteiger partial charge >= 0.3 is 6.18 Å². The molecule has 1 amide bonds. The van der Waals surface area contributed by atoms with Crippen molar-refractivity contribution >= 4 is 26.8 Å². The summed E-state index contributed by atoms with van der Waals surface area (Å²) in [5, 5.41) is 26.1. The zero-order valence-corrected chi connectivity index (χ0v) is 23.1. The number of carbonyl (C=O) groups excluding carboxylic acids is 1. The molecule has 1 aliphatic carbocycles. The highest BCUT2D eigenvalue weighted by Gasteiger charge is 2.52. The number of amides is 1. The summed E-state index contributed by atoms with van der Waals surface area (Å²) in [5.74, 6) is -1.65. The van der Waals surface area contributed by atoms with Crippen molar-refractivity contribution in [3.8, 4) is 0 Å². The van der Waals surface area contributed by atoms with Gasteiger partial charge in [-0.25, -0.2) is 12.7 Å². The van der Waals surface area contributed by atoms with Gasteiger partial charge in [-0.3, -0.25) is 10.1 Å². The van der Waals surface area contributed by atoms with Crippen LogP contribution in [0.5, 0.6) is 0 Å². The Morgan fingerprint density at radius 1 is 1.10 bits per heavy atom. The number of hydrogen-bond acceptors (Lipinski definition) is 6. The number of rotatable bonds is 8. The molecule has 4 N–H and O–H groups in total. The van der Waals surface area contributed by atoms with E-state index >= 15 is 0 Å². The van der Waals surface area contributed by atoms with Crippen molar-refractivity contribution in [2.45, 2.75) is 75.5 Å². The Bertz CT molecular complexity index is 1320. The Labute approximate surface area is 231 Å². The molecule has 3 aliphatic rings. The van der Waals surface area contributed by atoms with Crippen LogP contribution >= 0.6 is 0 Å². The highest BCUT2D eigenvalue weighted by molar-refractivity contribution is 7.89. The maximum atomic E-state index is 13.2. The Hall–Kier alpha value is -2.19. The molecule has 222 valence electrons. The fourth-order valence-electron chi connectivity index (χ4n) is 6.53. The fourth-order valence-corrected chi connectivity index (χ4v) is 8.00. The van der Waals surface area contributed by atoms with Crippen LogP contribution in [0.3, 0.4) is 0 Å². The summed E-state index contributed by atoms with van der Waals surface area (Å²) in [6.07, 6.45) is -1.86. The number of aryl methyl sites for hydroxylation is 1. The van der Waals surface area contributed by atoms with Gasteiger partial charge in [-0.15, -0.1) is 0 Å². The van der Waals surface area contributed by atoms with Gasteiger partial charge in [-0.1, -0.05) is 12.1 Å². The number of hydrogen-bond donors (Lipinski definition) is 4. The van der Waals surface area contributed by atoms with E-state index < -0.39 is 39.9 Å². The minimum atomic E-state index is -4.18. The van der Waals surface area contributed by atoms with Crippen LogP contribution < -0.4 is 10.6 Å². The summed E-state index contributed by atoms with van der Waals surface area (Å²) < 4.78 is 68.9. The van der Waals surface area contributed by atoms with E-state index in [0.29, 0.717) is 32.1 Å². The van der Waals surface area contributed by atoms with E-state index in [2.05, 4.69) is 10.6 Å². The highest BCUT2D eigenvalue weighted by atomic mass is 32.2. The van der Waals surface area contributed by atoms with Crippen LogP contribution in [-0.4, -0.2) is 82.8 Å². The first-order valence-electron chi connectivity index (χ1n) is 13.9. The number of aliphatic hydroxyl groups is 2. The second kappa shape index (κ2) is 11.2. The van der Waals surface area contributed by atoms with Gasteiger partial charge in [0.15, 0.2) is 0 Å². The lowest BCUT2D eigenvalue weighted by molar-refractivity contribution is -0.184. The molecule has 1 aromatic carbocycles. The van der Waals surface area contributed by atoms with Crippen LogP contribution in [0, 0.1) is 11.8 Å². The average molecular weight is 587 g/mol. The van der Waals surface area contributed by atoms with Gasteiger partial charge in [0.1, 0.15) is 5.54 Å². The molecule has 13 heteroatoms. The molecule has 5 rings (SSSR count). The van der Waals surface area contributed by atoms with Crippen LogP contribution in [0.1, 0.15) is 44.1 Å². The summed E-state index contributed by atoms with van der Waals surface area (Å²) >= 11 is 0. The lowest BCUT2D eigenvalue weighted by atomic mass is 9.80. The SMILES string of the molecule is O=C1NC(C2CCC(C(F)(F)F)CC2)NC12CCN(S(=O)(=O)CCc1cccc3c1ccn3C[C@H](O)CO)CC2. The molecule has 1 unspecified atom stereocenters. The highest BCUT2D eigenvalue weighted by Crippen LogP contribution is 2.41. The predicted octanol–water partition coefficient (Wildman–Crippen LogP) is 2.12. The largest absolute Gasteiger partial charge is 0.394 e. The number of nitrogens with zero attached hydrogens (tertiary/aromatic N) is 2. The van der Waals surface area contributed by atoms with E-state index in [1.54, 1.807) is 6.20 Å². The number of aromatic nitrogens is 1. The molecule has 2 atom stereocenters. The molecule has 2 saturated heterocycles. The molecule has 2 aliphatic heterocycles. The van der Waals surface area contributed by atoms with E-state index in [9.17, 15) is 31.5 Å². The Morgan fingerprint density at radius 2 is 1.80 bits per heavy atom. The van der Waals surface area contributed by atoms with Crippen LogP contribution in [0.25, 0.3) is 10.9 Å². The molecule has 0 radical (unpaired) electrons. The molecule has 1 spiro atoms. The second-order valence-electron chi connectivity index (χ2n) is 11.5. The smallest absolute Gasteiger partial charge is 0.391 e. The first-order chi connectivity index (χ1) is 18.9. The molecule has 40 heavy (non-hydrogen) atoms. The molecular formula is C27H37F3N4O5S. The number of halogens is 3. The molecule has 0 bridgehead atoms. The van der Waals surface area contributed by atoms with Crippen molar-refractivity contribution in [3.05, 3.63) is 36.0 Å². The quantitative estimate of drug-likeness (QED) is 0.376. The number of fused-ring (bicyclic) bond motifs is 1. The van der Waals surface area contributed by atoms with Crippen molar-refractivity contribution in [1.29, 1.82) is 0 Å². The minimum Gasteiger partial charge on any atom is -0.394 e. The zero-order chi connectivity index (χ0) is 28.7. The first kappa shape index (κ1) is 29.3. The van der Waals surface area contributed by atoms with E-state index in [0.717, 1.165) is 16.5 Å². The molecule has 3 fully saturated rings. The monoisotopic (exact) mass is 586 g/mol. The third-order valence-electron chi connectivity index (χ3n) is 8.98. The number of aliphatic hydroxyl groups excluding tert-OH is 2. The number of nitrogens with one attached hydrogen (secondary N) is 2. The van der Waals surface area contributed by atoms with Gasteiger partial charge in [-0.2, -0.15) is 13.2 Å². The average Bonchev–Trinajstić information content (AvgIpc) is 3.48. The molecular weight excluding hydrogens is 549 g/mol. The maximum absolute atomic E-state index is 13.2. The predicted molar refractivity (Wildman–Crippen MR) is 143 cm³/mol. The summed E-state index contributed by atoms with van der Waals surface area (Å²) in [5.41, 5.74) is 0.819. The summed E-state index contributed by atoms with van der Waals surface area (Å²) in [6, 6.07) is 7.48. The molecule has 1 aromatic heterocycles. The van der Waals surface area contributed by atoms with Gasteiger partial charge in [0.05, 0.1) is 37.1 Å². The van der Waals surface area contributed by atoms with Gasteiger partial charge in [0, 0.05) is 30.2 Å². The standard InChI is InChI=1S/C27H37F3N4O5S/c28-27(29,30)20-6-4-19(5-7-20)24-31-25(37)26(32-24)10-13-34(14-11-26)40(38,39)15-9-18-2-1-3-23-22(18)8-12-33(23)16-21(36)17-35/h1-3,8,12,19-21,24,32,35-36H,4-7,9-11,13-17H2,(H,31,37)/t19?,20?,21-,24?/m0/s1. The molecule has 9 nitrogen and oxygen atoms in total. The Kier molecular flexibility index (Phi) is 8.23. The summed E-state index contributed by atoms with van der Waals surface area (Å²) in [4.78, 5) is 13.0. The molecule has 1 saturated carbocycles. The summed E-state index contributed by atoms with van der Waals surface area (Å²) in [6.45, 7) is 0.260. The lowest BCUT2D eigenvalue weighted by Gasteiger charge is -2.38. The molecule has 2 aromatic rings. The number of benzene rings is 1. The zero-order valence-electron chi connectivity index (χ0n) is 22.2. The first-order valence-corrected chi connectivity index (χ1v) is 15.5. The Morgan fingerprint density at radius 3 is 2.45 bits per heavy atom. The third-order valence-corrected chi connectivity index (χ3v) is 10.9. The number of alkyl halides is 3. The van der Waals surface area contributed by atoms with E-state index in [1.807, 2.05) is 28.8 Å². The third kappa shape index (κ3) is 5.89. The minimum absolute atomic E-state index is 0.0598. The van der Waals surface area contributed by atoms with Crippen molar-refractivity contribution in [2.75, 3.05) is 25.4 Å². The number of sulfonamides is 1.